The third kappa shape index (κ3) is 4.53. The van der Waals surface area contributed by atoms with E-state index in [0.717, 1.165) is 12.1 Å². The van der Waals surface area contributed by atoms with Crippen LogP contribution in [0.25, 0.3) is 11.4 Å². The van der Waals surface area contributed by atoms with Gasteiger partial charge in [0.25, 0.3) is 0 Å². The summed E-state index contributed by atoms with van der Waals surface area (Å²) in [6.45, 7) is 3.24. The zero-order chi connectivity index (χ0) is 18.5. The summed E-state index contributed by atoms with van der Waals surface area (Å²) >= 11 is 0. The molecule has 2 aromatic rings. The normalized spacial score (nSPS) is 23.0. The molecule has 4 heterocycles. The Morgan fingerprint density at radius 1 is 1.19 bits per heavy atom. The summed E-state index contributed by atoms with van der Waals surface area (Å²) in [6.07, 6.45) is 10.6. The molecule has 4 rings (SSSR count). The predicted molar refractivity (Wildman–Crippen MR) is 101 cm³/mol. The van der Waals surface area contributed by atoms with Crippen molar-refractivity contribution >= 4 is 5.91 Å². The van der Waals surface area contributed by atoms with Crippen LogP contribution in [0.4, 0.5) is 0 Å². The zero-order valence-corrected chi connectivity index (χ0v) is 15.6. The number of nitrogens with one attached hydrogen (secondary N) is 1. The second-order valence-electron chi connectivity index (χ2n) is 7.55. The number of hydrogen-bond donors (Lipinski definition) is 1. The van der Waals surface area contributed by atoms with Crippen LogP contribution in [0.1, 0.15) is 44.4 Å². The van der Waals surface area contributed by atoms with E-state index in [2.05, 4.69) is 25.3 Å². The highest BCUT2D eigenvalue weighted by molar-refractivity contribution is 5.76. The monoisotopic (exact) mass is 369 g/mol. The van der Waals surface area contributed by atoms with Gasteiger partial charge in [-0.2, -0.15) is 4.98 Å². The summed E-state index contributed by atoms with van der Waals surface area (Å²) in [7, 11) is 0. The van der Waals surface area contributed by atoms with Crippen molar-refractivity contribution in [1.82, 2.24) is 25.3 Å². The first-order chi connectivity index (χ1) is 13.3. The first-order valence-electron chi connectivity index (χ1n) is 10.0. The fraction of sp³-hybridized carbons (Fsp3) is 0.600. The van der Waals surface area contributed by atoms with Gasteiger partial charge < -0.3 is 14.7 Å². The van der Waals surface area contributed by atoms with E-state index in [1.165, 1.54) is 45.2 Å². The number of fused-ring (bicyclic) bond motifs is 1. The van der Waals surface area contributed by atoms with Crippen LogP contribution in [0.3, 0.4) is 0 Å². The van der Waals surface area contributed by atoms with Crippen molar-refractivity contribution < 1.29 is 9.32 Å². The number of carbonyl (C=O) groups is 1. The summed E-state index contributed by atoms with van der Waals surface area (Å²) < 4.78 is 5.27. The Morgan fingerprint density at radius 3 is 2.93 bits per heavy atom. The quantitative estimate of drug-likeness (QED) is 0.842. The average molecular weight is 369 g/mol. The van der Waals surface area contributed by atoms with E-state index in [9.17, 15) is 4.79 Å². The van der Waals surface area contributed by atoms with Gasteiger partial charge in [-0.15, -0.1) is 0 Å². The predicted octanol–water partition coefficient (Wildman–Crippen LogP) is 2.44. The van der Waals surface area contributed by atoms with Crippen molar-refractivity contribution in [1.29, 1.82) is 0 Å². The number of amides is 1. The van der Waals surface area contributed by atoms with E-state index in [0.29, 0.717) is 36.5 Å². The molecular weight excluding hydrogens is 342 g/mol. The molecule has 0 aromatic carbocycles. The molecule has 0 radical (unpaired) electrons. The summed E-state index contributed by atoms with van der Waals surface area (Å²) in [6, 6.07) is 4.33. The standard InChI is InChI=1S/C20H27N5O2/c26-18(22-14-16-4-3-13-25-12-2-1-5-17(16)25)6-7-19-23-20(24-27-19)15-8-10-21-11-9-15/h8-11,16-17H,1-7,12-14H2,(H,22,26)/t16-,17-/m0/s1. The van der Waals surface area contributed by atoms with E-state index in [1.807, 2.05) is 12.1 Å². The average Bonchev–Trinajstić information content (AvgIpc) is 3.20. The number of piperidine rings is 2. The van der Waals surface area contributed by atoms with E-state index < -0.39 is 0 Å². The molecule has 2 atom stereocenters. The second kappa shape index (κ2) is 8.61. The van der Waals surface area contributed by atoms with E-state index in [1.54, 1.807) is 12.4 Å². The van der Waals surface area contributed by atoms with Gasteiger partial charge in [-0.1, -0.05) is 11.6 Å². The number of aromatic nitrogens is 3. The van der Waals surface area contributed by atoms with Crippen LogP contribution in [0.5, 0.6) is 0 Å². The minimum absolute atomic E-state index is 0.0617. The maximum atomic E-state index is 12.3. The molecule has 144 valence electrons. The minimum Gasteiger partial charge on any atom is -0.356 e. The molecule has 2 aromatic heterocycles. The van der Waals surface area contributed by atoms with Crippen LogP contribution < -0.4 is 5.32 Å². The van der Waals surface area contributed by atoms with Gasteiger partial charge in [0, 0.05) is 43.4 Å². The molecule has 1 amide bonds. The van der Waals surface area contributed by atoms with Crippen LogP contribution in [-0.4, -0.2) is 51.6 Å². The second-order valence-corrected chi connectivity index (χ2v) is 7.55. The Kier molecular flexibility index (Phi) is 5.77. The number of hydrogen-bond acceptors (Lipinski definition) is 6. The number of aryl methyl sites for hydroxylation is 1. The molecule has 0 unspecified atom stereocenters. The maximum Gasteiger partial charge on any atom is 0.227 e. The Labute approximate surface area is 159 Å². The number of rotatable bonds is 6. The lowest BCUT2D eigenvalue weighted by atomic mass is 9.83. The highest BCUT2D eigenvalue weighted by Gasteiger charge is 2.32. The van der Waals surface area contributed by atoms with E-state index in [-0.39, 0.29) is 5.91 Å². The SMILES string of the molecule is O=C(CCc1nc(-c2ccncc2)no1)NC[C@@H]1CCCN2CCCC[C@@H]12. The molecule has 1 N–H and O–H groups in total. The molecule has 2 aliphatic rings. The third-order valence-corrected chi connectivity index (χ3v) is 5.76. The van der Waals surface area contributed by atoms with Gasteiger partial charge in [0.05, 0.1) is 0 Å². The molecule has 0 spiro atoms. The van der Waals surface area contributed by atoms with Crippen LogP contribution in [0.2, 0.25) is 0 Å². The van der Waals surface area contributed by atoms with Crippen LogP contribution in [-0.2, 0) is 11.2 Å². The van der Waals surface area contributed by atoms with Crippen molar-refractivity contribution in [2.24, 2.45) is 5.92 Å². The van der Waals surface area contributed by atoms with Gasteiger partial charge in [-0.3, -0.25) is 9.78 Å². The van der Waals surface area contributed by atoms with Gasteiger partial charge in [0.15, 0.2) is 0 Å². The van der Waals surface area contributed by atoms with Gasteiger partial charge in [-0.25, -0.2) is 0 Å². The lowest BCUT2D eigenvalue weighted by molar-refractivity contribution is -0.121. The van der Waals surface area contributed by atoms with Crippen molar-refractivity contribution in [3.63, 3.8) is 0 Å². The lowest BCUT2D eigenvalue weighted by Gasteiger charge is -2.44. The lowest BCUT2D eigenvalue weighted by Crippen LogP contribution is -2.51. The molecular formula is C20H27N5O2. The summed E-state index contributed by atoms with van der Waals surface area (Å²) in [5.74, 6) is 1.68. The Bertz CT molecular complexity index is 746. The van der Waals surface area contributed by atoms with Gasteiger partial charge in [0.2, 0.25) is 17.6 Å². The van der Waals surface area contributed by atoms with Gasteiger partial charge in [0.1, 0.15) is 0 Å². The third-order valence-electron chi connectivity index (χ3n) is 5.76. The molecule has 0 saturated carbocycles. The summed E-state index contributed by atoms with van der Waals surface area (Å²) in [4.78, 5) is 23.2. The molecule has 0 aliphatic carbocycles. The number of pyridine rings is 1. The molecule has 27 heavy (non-hydrogen) atoms. The number of carbonyl (C=O) groups excluding carboxylic acids is 1. The fourth-order valence-electron chi connectivity index (χ4n) is 4.34. The van der Waals surface area contributed by atoms with Gasteiger partial charge in [-0.05, 0) is 56.8 Å². The Balaban J connectivity index is 1.24. The summed E-state index contributed by atoms with van der Waals surface area (Å²) in [5.41, 5.74) is 0.860. The molecule has 7 nitrogen and oxygen atoms in total. The minimum atomic E-state index is 0.0617. The fourth-order valence-corrected chi connectivity index (χ4v) is 4.34. The topological polar surface area (TPSA) is 84.1 Å². The molecule has 0 bridgehead atoms. The smallest absolute Gasteiger partial charge is 0.227 e. The first kappa shape index (κ1) is 18.1. The largest absolute Gasteiger partial charge is 0.356 e. The highest BCUT2D eigenvalue weighted by atomic mass is 16.5. The first-order valence-corrected chi connectivity index (χ1v) is 10.0. The molecule has 7 heteroatoms. The van der Waals surface area contributed by atoms with Crippen molar-refractivity contribution in [2.75, 3.05) is 19.6 Å². The van der Waals surface area contributed by atoms with Crippen LogP contribution >= 0.6 is 0 Å². The Morgan fingerprint density at radius 2 is 2.04 bits per heavy atom. The van der Waals surface area contributed by atoms with E-state index in [4.69, 9.17) is 4.52 Å². The maximum absolute atomic E-state index is 12.3. The molecule has 2 fully saturated rings. The Hall–Kier alpha value is -2.28. The van der Waals surface area contributed by atoms with Gasteiger partial charge >= 0.3 is 0 Å². The zero-order valence-electron chi connectivity index (χ0n) is 15.6. The molecule has 2 saturated heterocycles. The summed E-state index contributed by atoms with van der Waals surface area (Å²) in [5, 5.41) is 7.11. The van der Waals surface area contributed by atoms with Crippen LogP contribution in [0.15, 0.2) is 29.0 Å². The number of nitrogens with zero attached hydrogens (tertiary/aromatic N) is 4. The van der Waals surface area contributed by atoms with Crippen molar-refractivity contribution in [3.05, 3.63) is 30.4 Å². The molecule has 2 aliphatic heterocycles. The van der Waals surface area contributed by atoms with Crippen molar-refractivity contribution in [2.45, 2.75) is 51.0 Å². The van der Waals surface area contributed by atoms with E-state index >= 15 is 0 Å². The van der Waals surface area contributed by atoms with Crippen LogP contribution in [0, 0.1) is 5.92 Å². The highest BCUT2D eigenvalue weighted by Crippen LogP contribution is 2.30. The van der Waals surface area contributed by atoms with Crippen molar-refractivity contribution in [3.8, 4) is 11.4 Å².